The molecule has 3 aliphatic rings. The van der Waals surface area contributed by atoms with Gasteiger partial charge in [0.05, 0.1) is 7.11 Å². The quantitative estimate of drug-likeness (QED) is 0.681. The van der Waals surface area contributed by atoms with Gasteiger partial charge in [0.25, 0.3) is 0 Å². The Morgan fingerprint density at radius 1 is 1.27 bits per heavy atom. The van der Waals surface area contributed by atoms with Crippen LogP contribution in [0.2, 0.25) is 0 Å². The third-order valence-corrected chi connectivity index (χ3v) is 7.54. The molecule has 2 saturated carbocycles. The molecule has 140 valence electrons. The van der Waals surface area contributed by atoms with Gasteiger partial charge in [0.1, 0.15) is 11.9 Å². The number of hydrogen-bond donors (Lipinski definition) is 0. The number of methoxy groups -OCH3 is 1. The first-order valence-electron chi connectivity index (χ1n) is 9.66. The van der Waals surface area contributed by atoms with E-state index in [1.165, 1.54) is 18.1 Å². The fourth-order valence-electron chi connectivity index (χ4n) is 6.19. The number of fused-ring (bicyclic) bond motifs is 5. The Bertz CT molecular complexity index is 743. The summed E-state index contributed by atoms with van der Waals surface area (Å²) in [6, 6.07) is 6.54. The van der Waals surface area contributed by atoms with Crippen molar-refractivity contribution < 1.29 is 14.3 Å². The molecular weight excluding hydrogens is 348 g/mol. The fourth-order valence-corrected chi connectivity index (χ4v) is 6.55. The van der Waals surface area contributed by atoms with Crippen LogP contribution >= 0.6 is 11.6 Å². The van der Waals surface area contributed by atoms with Gasteiger partial charge >= 0.3 is 5.97 Å². The number of carbonyl (C=O) groups is 1. The highest BCUT2D eigenvalue weighted by Crippen LogP contribution is 2.64. The summed E-state index contributed by atoms with van der Waals surface area (Å²) >= 11 is 6.60. The van der Waals surface area contributed by atoms with E-state index in [0.29, 0.717) is 22.8 Å². The maximum Gasteiger partial charge on any atom is 0.302 e. The van der Waals surface area contributed by atoms with Gasteiger partial charge in [-0.15, -0.1) is 0 Å². The molecule has 0 aromatic heterocycles. The zero-order valence-electron chi connectivity index (χ0n) is 15.6. The minimum absolute atomic E-state index is 0.117. The molecule has 0 saturated heterocycles. The fraction of sp³-hybridized carbons (Fsp3) is 0.591. The summed E-state index contributed by atoms with van der Waals surface area (Å²) < 4.78 is 11.1. The molecule has 0 radical (unpaired) electrons. The molecule has 4 heteroatoms. The molecule has 5 atom stereocenters. The van der Waals surface area contributed by atoms with Gasteiger partial charge in [-0.1, -0.05) is 24.2 Å². The molecule has 0 aliphatic heterocycles. The van der Waals surface area contributed by atoms with Crippen molar-refractivity contribution in [2.45, 2.75) is 57.5 Å². The van der Waals surface area contributed by atoms with Crippen LogP contribution in [0.25, 0.3) is 0 Å². The van der Waals surface area contributed by atoms with Crippen LogP contribution in [-0.4, -0.2) is 19.2 Å². The average molecular weight is 375 g/mol. The maximum atomic E-state index is 11.6. The molecule has 3 nitrogen and oxygen atoms in total. The average Bonchev–Trinajstić information content (AvgIpc) is 3.00. The number of halogens is 1. The molecule has 26 heavy (non-hydrogen) atoms. The van der Waals surface area contributed by atoms with Crippen LogP contribution < -0.4 is 4.74 Å². The highest BCUT2D eigenvalue weighted by atomic mass is 35.5. The number of rotatable bonds is 3. The van der Waals surface area contributed by atoms with Crippen molar-refractivity contribution in [2.75, 3.05) is 7.11 Å². The molecule has 0 heterocycles. The molecule has 0 unspecified atom stereocenters. The lowest BCUT2D eigenvalue weighted by Crippen LogP contribution is -2.47. The lowest BCUT2D eigenvalue weighted by atomic mass is 9.54. The number of hydrogen-bond acceptors (Lipinski definition) is 3. The Labute approximate surface area is 160 Å². The van der Waals surface area contributed by atoms with Crippen molar-refractivity contribution in [3.05, 3.63) is 40.9 Å². The first kappa shape index (κ1) is 17.9. The summed E-state index contributed by atoms with van der Waals surface area (Å²) in [7, 11) is 1.72. The van der Waals surface area contributed by atoms with Gasteiger partial charge in [0, 0.05) is 17.4 Å². The standard InChI is InChI=1S/C22H27ClO3/c1-13(23)22-11-10-18-17-7-5-16(25-3)12-15(17)4-6-19(18)20(22)8-9-21(22)26-14(2)24/h5,7,12,18-21H,1,4,6,8-11H2,2-3H3/t18-,19-,20+,21+,22-/m1/s1. The summed E-state index contributed by atoms with van der Waals surface area (Å²) in [6.07, 6.45) is 6.11. The van der Waals surface area contributed by atoms with Gasteiger partial charge in [-0.2, -0.15) is 0 Å². The van der Waals surface area contributed by atoms with Crippen LogP contribution in [0.15, 0.2) is 29.8 Å². The monoisotopic (exact) mass is 374 g/mol. The molecule has 0 bridgehead atoms. The van der Waals surface area contributed by atoms with Crippen LogP contribution in [0.1, 0.15) is 56.1 Å². The maximum absolute atomic E-state index is 11.6. The Morgan fingerprint density at radius 3 is 2.77 bits per heavy atom. The summed E-state index contributed by atoms with van der Waals surface area (Å²) in [5.74, 6) is 2.33. The minimum Gasteiger partial charge on any atom is -0.497 e. The lowest BCUT2D eigenvalue weighted by Gasteiger charge is -2.51. The first-order chi connectivity index (χ1) is 12.5. The van der Waals surface area contributed by atoms with E-state index < -0.39 is 0 Å². The second kappa shape index (κ2) is 6.60. The van der Waals surface area contributed by atoms with Crippen molar-refractivity contribution >= 4 is 17.6 Å². The smallest absolute Gasteiger partial charge is 0.302 e. The van der Waals surface area contributed by atoms with Crippen LogP contribution in [0, 0.1) is 17.3 Å². The topological polar surface area (TPSA) is 35.5 Å². The van der Waals surface area contributed by atoms with Gasteiger partial charge in [0.15, 0.2) is 0 Å². The van der Waals surface area contributed by atoms with Gasteiger partial charge in [0.2, 0.25) is 0 Å². The van der Waals surface area contributed by atoms with E-state index in [-0.39, 0.29) is 17.5 Å². The Morgan fingerprint density at radius 2 is 2.08 bits per heavy atom. The van der Waals surface area contributed by atoms with Gasteiger partial charge in [-0.25, -0.2) is 0 Å². The van der Waals surface area contributed by atoms with E-state index >= 15 is 0 Å². The van der Waals surface area contributed by atoms with Gasteiger partial charge in [-0.05, 0) is 79.5 Å². The molecule has 3 aliphatic carbocycles. The van der Waals surface area contributed by atoms with Crippen molar-refractivity contribution in [2.24, 2.45) is 17.3 Å². The number of esters is 1. The van der Waals surface area contributed by atoms with Gasteiger partial charge in [-0.3, -0.25) is 4.79 Å². The van der Waals surface area contributed by atoms with E-state index in [4.69, 9.17) is 21.1 Å². The van der Waals surface area contributed by atoms with E-state index in [2.05, 4.69) is 24.8 Å². The lowest BCUT2D eigenvalue weighted by molar-refractivity contribution is -0.153. The third-order valence-electron chi connectivity index (χ3n) is 7.19. The summed E-state index contributed by atoms with van der Waals surface area (Å²) in [5.41, 5.74) is 2.65. The van der Waals surface area contributed by atoms with Crippen LogP contribution in [-0.2, 0) is 16.0 Å². The predicted octanol–water partition coefficient (Wildman–Crippen LogP) is 5.22. The van der Waals surface area contributed by atoms with Crippen LogP contribution in [0.3, 0.4) is 0 Å². The van der Waals surface area contributed by atoms with Crippen molar-refractivity contribution in [3.8, 4) is 5.75 Å². The Kier molecular flexibility index (Phi) is 4.54. The summed E-state index contributed by atoms with van der Waals surface area (Å²) in [4.78, 5) is 11.6. The van der Waals surface area contributed by atoms with Crippen LogP contribution in [0.4, 0.5) is 0 Å². The summed E-state index contributed by atoms with van der Waals surface area (Å²) in [5, 5.41) is 0.685. The zero-order valence-corrected chi connectivity index (χ0v) is 16.3. The molecule has 0 amide bonds. The van der Waals surface area contributed by atoms with Crippen molar-refractivity contribution in [1.82, 2.24) is 0 Å². The molecule has 0 N–H and O–H groups in total. The van der Waals surface area contributed by atoms with Crippen molar-refractivity contribution in [1.29, 1.82) is 0 Å². The second-order valence-electron chi connectivity index (χ2n) is 8.14. The summed E-state index contributed by atoms with van der Waals surface area (Å²) in [6.45, 7) is 5.63. The van der Waals surface area contributed by atoms with Crippen molar-refractivity contribution in [3.63, 3.8) is 0 Å². The molecule has 1 aromatic rings. The molecule has 2 fully saturated rings. The number of aryl methyl sites for hydroxylation is 1. The zero-order chi connectivity index (χ0) is 18.5. The van der Waals surface area contributed by atoms with E-state index in [1.54, 1.807) is 7.11 Å². The normalized spacial score (nSPS) is 35.0. The minimum atomic E-state index is -0.252. The van der Waals surface area contributed by atoms with Crippen LogP contribution in [0.5, 0.6) is 5.75 Å². The number of carbonyl (C=O) groups excluding carboxylic acids is 1. The number of ether oxygens (including phenoxy) is 2. The molecule has 0 spiro atoms. The Balaban J connectivity index is 1.68. The molecule has 1 aromatic carbocycles. The SMILES string of the molecule is C=C(Cl)[C@]12CC[C@@H]3c4ccc(OC)cc4CC[C@H]3[C@@H]1CC[C@@H]2OC(C)=O. The molecular formula is C22H27ClO3. The van der Waals surface area contributed by atoms with E-state index in [0.717, 1.165) is 44.3 Å². The van der Waals surface area contributed by atoms with E-state index in [1.807, 2.05) is 0 Å². The highest BCUT2D eigenvalue weighted by molar-refractivity contribution is 6.30. The predicted molar refractivity (Wildman–Crippen MR) is 102 cm³/mol. The number of benzene rings is 1. The largest absolute Gasteiger partial charge is 0.497 e. The van der Waals surface area contributed by atoms with Gasteiger partial charge < -0.3 is 9.47 Å². The second-order valence-corrected chi connectivity index (χ2v) is 8.60. The Hall–Kier alpha value is -1.48. The third kappa shape index (κ3) is 2.58. The van der Waals surface area contributed by atoms with E-state index in [9.17, 15) is 4.79 Å². The highest BCUT2D eigenvalue weighted by Gasteiger charge is 2.59. The first-order valence-corrected chi connectivity index (χ1v) is 10.0. The molecule has 4 rings (SSSR count).